The van der Waals surface area contributed by atoms with Gasteiger partial charge in [0.15, 0.2) is 5.78 Å². The van der Waals surface area contributed by atoms with E-state index in [1.807, 2.05) is 6.08 Å². The largest absolute Gasteiger partial charge is 0.388 e. The van der Waals surface area contributed by atoms with Crippen LogP contribution in [0.1, 0.15) is 51.9 Å². The minimum Gasteiger partial charge on any atom is -0.388 e. The Labute approximate surface area is 149 Å². The Balaban J connectivity index is 1.80. The average molecular weight is 345 g/mol. The van der Waals surface area contributed by atoms with Gasteiger partial charge in [0.2, 0.25) is 0 Å². The van der Waals surface area contributed by atoms with Crippen LogP contribution in [0.15, 0.2) is 34.9 Å². The number of hydrogen-bond donors (Lipinski definition) is 1. The Morgan fingerprint density at radius 3 is 2.88 bits per heavy atom. The van der Waals surface area contributed by atoms with Crippen LogP contribution in [0, 0.1) is 17.3 Å². The number of aliphatic hydroxyl groups is 1. The lowest BCUT2D eigenvalue weighted by Crippen LogP contribution is -2.50. The van der Waals surface area contributed by atoms with Gasteiger partial charge in [0.25, 0.3) is 0 Å². The first kappa shape index (κ1) is 16.7. The molecule has 1 saturated carbocycles. The molecule has 0 radical (unpaired) electrons. The summed E-state index contributed by atoms with van der Waals surface area (Å²) in [5.74, 6) is 2.27. The fraction of sp³-hybridized carbons (Fsp3) is 0.667. The van der Waals surface area contributed by atoms with Gasteiger partial charge in [0, 0.05) is 17.6 Å². The highest BCUT2D eigenvalue weighted by molar-refractivity contribution is 7.98. The number of fused-ring (bicyclic) bond motifs is 4. The molecular formula is C21H28O2S. The summed E-state index contributed by atoms with van der Waals surface area (Å²) in [6, 6.07) is 0. The minimum absolute atomic E-state index is 0.0591. The molecule has 0 amide bonds. The Hall–Kier alpha value is -0.800. The van der Waals surface area contributed by atoms with E-state index in [1.165, 1.54) is 16.7 Å². The van der Waals surface area contributed by atoms with E-state index in [2.05, 4.69) is 25.3 Å². The molecule has 0 aromatic heterocycles. The molecule has 0 aromatic carbocycles. The molecule has 0 aromatic rings. The van der Waals surface area contributed by atoms with Gasteiger partial charge in [-0.3, -0.25) is 4.79 Å². The molecule has 0 spiro atoms. The van der Waals surface area contributed by atoms with E-state index in [4.69, 9.17) is 0 Å². The summed E-state index contributed by atoms with van der Waals surface area (Å²) >= 11 is 1.77. The summed E-state index contributed by atoms with van der Waals surface area (Å²) in [6.45, 7) is 2.25. The molecule has 4 aliphatic carbocycles. The third kappa shape index (κ3) is 2.17. The quantitative estimate of drug-likeness (QED) is 0.822. The van der Waals surface area contributed by atoms with Gasteiger partial charge in [-0.25, -0.2) is 0 Å². The third-order valence-electron chi connectivity index (χ3n) is 7.23. The molecule has 3 heteroatoms. The maximum Gasteiger partial charge on any atom is 0.156 e. The molecule has 0 bridgehead atoms. The van der Waals surface area contributed by atoms with Gasteiger partial charge in [0.05, 0.1) is 5.60 Å². The first-order valence-electron chi connectivity index (χ1n) is 9.42. The van der Waals surface area contributed by atoms with Crippen molar-refractivity contribution in [1.29, 1.82) is 0 Å². The van der Waals surface area contributed by atoms with Crippen molar-refractivity contribution in [3.63, 3.8) is 0 Å². The van der Waals surface area contributed by atoms with Crippen LogP contribution < -0.4 is 0 Å². The first-order valence-corrected chi connectivity index (χ1v) is 10.8. The lowest BCUT2D eigenvalue weighted by Gasteiger charge is -2.50. The Morgan fingerprint density at radius 2 is 2.12 bits per heavy atom. The molecule has 0 saturated heterocycles. The van der Waals surface area contributed by atoms with Crippen LogP contribution >= 0.6 is 11.8 Å². The molecule has 24 heavy (non-hydrogen) atoms. The molecular weight excluding hydrogens is 316 g/mol. The standard InChI is InChI=1S/C21H28O2S/c1-3-20-10-8-17-16-7-5-15(22)12-14(16)4-6-18(17)19(20)9-11-21(20,23)13-24-2/h8,10,12,18-19,23H,3-7,9,11,13H2,1-2H3/t18-,19+,20+,21-/m1/s1. The van der Waals surface area contributed by atoms with Crippen LogP contribution in [0.2, 0.25) is 0 Å². The van der Waals surface area contributed by atoms with Crippen LogP contribution in [-0.4, -0.2) is 28.5 Å². The Morgan fingerprint density at radius 1 is 1.29 bits per heavy atom. The zero-order chi connectivity index (χ0) is 16.9. The van der Waals surface area contributed by atoms with Gasteiger partial charge in [-0.05, 0) is 79.4 Å². The van der Waals surface area contributed by atoms with Crippen LogP contribution in [0.25, 0.3) is 0 Å². The molecule has 0 aliphatic heterocycles. The van der Waals surface area contributed by atoms with E-state index in [9.17, 15) is 9.90 Å². The normalized spacial score (nSPS) is 41.0. The molecule has 2 nitrogen and oxygen atoms in total. The van der Waals surface area contributed by atoms with Crippen LogP contribution in [0.4, 0.5) is 0 Å². The van der Waals surface area contributed by atoms with Gasteiger partial charge >= 0.3 is 0 Å². The summed E-state index contributed by atoms with van der Waals surface area (Å²) in [6.07, 6.45) is 15.5. The second-order valence-corrected chi connectivity index (χ2v) is 8.92. The van der Waals surface area contributed by atoms with Crippen LogP contribution in [0.3, 0.4) is 0 Å². The summed E-state index contributed by atoms with van der Waals surface area (Å²) in [4.78, 5) is 11.8. The van der Waals surface area contributed by atoms with Gasteiger partial charge in [-0.2, -0.15) is 11.8 Å². The second kappa shape index (κ2) is 5.88. The van der Waals surface area contributed by atoms with E-state index in [-0.39, 0.29) is 5.41 Å². The molecule has 4 atom stereocenters. The molecule has 4 rings (SSSR count). The maximum absolute atomic E-state index is 11.8. The zero-order valence-corrected chi connectivity index (χ0v) is 15.6. The lowest BCUT2D eigenvalue weighted by molar-refractivity contribution is -0.114. The van der Waals surface area contributed by atoms with Gasteiger partial charge in [0.1, 0.15) is 0 Å². The number of thioether (sulfide) groups is 1. The highest BCUT2D eigenvalue weighted by Gasteiger charge is 2.60. The number of ketones is 1. The molecule has 4 aliphatic rings. The summed E-state index contributed by atoms with van der Waals surface area (Å²) in [7, 11) is 0. The molecule has 0 heterocycles. The van der Waals surface area contributed by atoms with E-state index in [0.29, 0.717) is 24.0 Å². The summed E-state index contributed by atoms with van der Waals surface area (Å²) in [5.41, 5.74) is 3.62. The number of rotatable bonds is 3. The smallest absolute Gasteiger partial charge is 0.156 e. The summed E-state index contributed by atoms with van der Waals surface area (Å²) in [5, 5.41) is 11.5. The van der Waals surface area contributed by atoms with Crippen molar-refractivity contribution in [3.8, 4) is 0 Å². The van der Waals surface area contributed by atoms with Crippen molar-refractivity contribution >= 4 is 17.5 Å². The topological polar surface area (TPSA) is 37.3 Å². The fourth-order valence-corrected chi connectivity index (χ4v) is 7.00. The van der Waals surface area contributed by atoms with Gasteiger partial charge in [-0.1, -0.05) is 19.1 Å². The van der Waals surface area contributed by atoms with Crippen molar-refractivity contribution in [2.24, 2.45) is 17.3 Å². The summed E-state index contributed by atoms with van der Waals surface area (Å²) < 4.78 is 0. The first-order chi connectivity index (χ1) is 11.5. The van der Waals surface area contributed by atoms with Crippen LogP contribution in [0.5, 0.6) is 0 Å². The predicted molar refractivity (Wildman–Crippen MR) is 100.0 cm³/mol. The predicted octanol–water partition coefficient (Wildman–Crippen LogP) is 4.45. The van der Waals surface area contributed by atoms with E-state index < -0.39 is 5.60 Å². The molecule has 0 unspecified atom stereocenters. The highest BCUT2D eigenvalue weighted by Crippen LogP contribution is 2.62. The van der Waals surface area contributed by atoms with Gasteiger partial charge in [-0.15, -0.1) is 0 Å². The maximum atomic E-state index is 11.8. The SMILES string of the molecule is CC[C@]12C=CC3=C4CCC(=O)C=C4CC[C@H]3[C@@H]1CC[C@@]2(O)CSC. The van der Waals surface area contributed by atoms with Crippen molar-refractivity contribution in [3.05, 3.63) is 34.9 Å². The van der Waals surface area contributed by atoms with Gasteiger partial charge < -0.3 is 5.11 Å². The zero-order valence-electron chi connectivity index (χ0n) is 14.8. The number of allylic oxidation sites excluding steroid dienone is 5. The monoisotopic (exact) mass is 344 g/mol. The minimum atomic E-state index is -0.558. The molecule has 1 fully saturated rings. The van der Waals surface area contributed by atoms with Crippen molar-refractivity contribution in [1.82, 2.24) is 0 Å². The van der Waals surface area contributed by atoms with Crippen molar-refractivity contribution in [2.45, 2.75) is 57.5 Å². The molecule has 130 valence electrons. The number of hydrogen-bond acceptors (Lipinski definition) is 3. The number of carbonyl (C=O) groups excluding carboxylic acids is 1. The van der Waals surface area contributed by atoms with E-state index in [0.717, 1.165) is 44.3 Å². The van der Waals surface area contributed by atoms with Crippen LogP contribution in [-0.2, 0) is 4.79 Å². The Kier molecular flexibility index (Phi) is 4.08. The van der Waals surface area contributed by atoms with E-state index in [1.54, 1.807) is 11.8 Å². The van der Waals surface area contributed by atoms with Crippen molar-refractivity contribution < 1.29 is 9.90 Å². The Bertz CT molecular complexity index is 659. The fourth-order valence-electron chi connectivity index (χ4n) is 6.11. The third-order valence-corrected chi connectivity index (χ3v) is 7.99. The molecule has 1 N–H and O–H groups in total. The lowest BCUT2D eigenvalue weighted by atomic mass is 9.56. The van der Waals surface area contributed by atoms with Crippen molar-refractivity contribution in [2.75, 3.05) is 12.0 Å². The average Bonchev–Trinajstić information content (AvgIpc) is 2.88. The highest BCUT2D eigenvalue weighted by atomic mass is 32.2. The second-order valence-electron chi connectivity index (χ2n) is 8.05. The number of carbonyl (C=O) groups is 1. The van der Waals surface area contributed by atoms with E-state index >= 15 is 0 Å².